The summed E-state index contributed by atoms with van der Waals surface area (Å²) in [7, 11) is 1.85. The van der Waals surface area contributed by atoms with Crippen LogP contribution in [0.1, 0.15) is 83.4 Å². The van der Waals surface area contributed by atoms with Crippen LogP contribution in [0.4, 0.5) is 17.5 Å². The third-order valence-electron chi connectivity index (χ3n) is 12.5. The number of aliphatic hydroxyl groups excluding tert-OH is 1. The highest BCUT2D eigenvalue weighted by Gasteiger charge is 2.44. The third-order valence-corrected chi connectivity index (χ3v) is 14.0. The molecule has 1 saturated heterocycles. The van der Waals surface area contributed by atoms with Crippen LogP contribution in [-0.2, 0) is 39.9 Å². The van der Waals surface area contributed by atoms with E-state index in [0.29, 0.717) is 70.9 Å². The lowest BCUT2D eigenvalue weighted by Crippen LogP contribution is -2.58. The van der Waals surface area contributed by atoms with Crippen molar-refractivity contribution in [1.29, 1.82) is 0 Å². The van der Waals surface area contributed by atoms with E-state index in [9.17, 15) is 24.3 Å². The van der Waals surface area contributed by atoms with E-state index in [-0.39, 0.29) is 43.8 Å². The molecular formula is C52H72BrN9O9S. The summed E-state index contributed by atoms with van der Waals surface area (Å²) in [5, 5.41) is 22.8. The van der Waals surface area contributed by atoms with Crippen LogP contribution in [0.25, 0.3) is 10.4 Å². The van der Waals surface area contributed by atoms with E-state index in [1.165, 1.54) is 4.90 Å². The van der Waals surface area contributed by atoms with Gasteiger partial charge in [-0.15, -0.1) is 11.3 Å². The Kier molecular flexibility index (Phi) is 22.0. The van der Waals surface area contributed by atoms with Crippen LogP contribution < -0.4 is 26.0 Å². The molecule has 2 aliphatic rings. The van der Waals surface area contributed by atoms with Crippen LogP contribution in [0.5, 0.6) is 5.75 Å². The molecule has 6 rings (SSSR count). The van der Waals surface area contributed by atoms with Gasteiger partial charge in [0, 0.05) is 96.9 Å². The number of carbonyl (C=O) groups excluding carboxylic acids is 4. The number of nitrogens with one attached hydrogen (secondary N) is 4. The number of likely N-dealkylation sites (tertiary alicyclic amines) is 1. The highest BCUT2D eigenvalue weighted by molar-refractivity contribution is 9.10. The first kappa shape index (κ1) is 56.1. The van der Waals surface area contributed by atoms with Crippen molar-refractivity contribution >= 4 is 68.3 Å². The van der Waals surface area contributed by atoms with E-state index >= 15 is 0 Å². The van der Waals surface area contributed by atoms with E-state index in [1.807, 2.05) is 88.8 Å². The van der Waals surface area contributed by atoms with Gasteiger partial charge in [0.05, 0.1) is 33.3 Å². The van der Waals surface area contributed by atoms with Gasteiger partial charge < -0.3 is 55.1 Å². The Morgan fingerprint density at radius 1 is 0.917 bits per heavy atom. The second-order valence-corrected chi connectivity index (χ2v) is 21.0. The Labute approximate surface area is 435 Å². The summed E-state index contributed by atoms with van der Waals surface area (Å²) < 4.78 is 23.8. The molecule has 4 amide bonds. The zero-order valence-corrected chi connectivity index (χ0v) is 44.7. The summed E-state index contributed by atoms with van der Waals surface area (Å²) in [6, 6.07) is 13.7. The molecule has 3 heterocycles. The quantitative estimate of drug-likeness (QED) is 0.0350. The minimum absolute atomic E-state index is 0.00345. The van der Waals surface area contributed by atoms with Crippen molar-refractivity contribution in [3.8, 4) is 16.2 Å². The summed E-state index contributed by atoms with van der Waals surface area (Å²) in [6.07, 6.45) is 7.13. The van der Waals surface area contributed by atoms with Crippen LogP contribution in [0.3, 0.4) is 0 Å². The minimum Gasteiger partial charge on any atom is -0.494 e. The van der Waals surface area contributed by atoms with Gasteiger partial charge in [0.25, 0.3) is 0 Å². The first-order valence-corrected chi connectivity index (χ1v) is 26.6. The molecule has 72 heavy (non-hydrogen) atoms. The van der Waals surface area contributed by atoms with Gasteiger partial charge in [-0.2, -0.15) is 4.98 Å². The number of hydrogen-bond acceptors (Lipinski definition) is 15. The number of thiazole rings is 1. The van der Waals surface area contributed by atoms with E-state index in [0.717, 1.165) is 76.1 Å². The summed E-state index contributed by atoms with van der Waals surface area (Å²) in [6.45, 7) is 11.8. The normalized spacial score (nSPS) is 16.2. The molecule has 4 aromatic rings. The van der Waals surface area contributed by atoms with E-state index < -0.39 is 35.4 Å². The summed E-state index contributed by atoms with van der Waals surface area (Å²) in [4.78, 5) is 70.3. The topological polar surface area (TPSA) is 219 Å². The number of halogens is 1. The number of likely N-dealkylation sites (N-methyl/N-ethyl adjacent to an activating group) is 1. The van der Waals surface area contributed by atoms with Crippen LogP contribution >= 0.6 is 27.3 Å². The monoisotopic (exact) mass is 1080 g/mol. The lowest BCUT2D eigenvalue weighted by Gasteiger charge is -2.35. The molecule has 2 aromatic carbocycles. The van der Waals surface area contributed by atoms with Crippen molar-refractivity contribution in [2.75, 3.05) is 83.6 Å². The fourth-order valence-electron chi connectivity index (χ4n) is 8.11. The standard InChI is InChI=1S/C52H72BrN9O9S/c1-35-45(72-34-57-35)37-15-13-36(14-16-37)30-55-48(65)43-29-40(63)32-62(43)50(67)46(52(2,3)4)59-44(64)33-70-27-9-25-68-23-6-7-24-69-26-10-28-71-41-19-17-39(18-20-41)58-51-56-31-42(53)47(60-51)54-21-22-61(5)49(66)38-11-8-12-38/h13-20,31,34,38,40,43,46,63H,6-12,21-30,32-33H2,1-5H3,(H,55,65)(H,59,64)(H2,54,56,58,60)/t40-,43-,46+/m0/s1. The number of aliphatic hydroxyl groups is 1. The first-order valence-electron chi connectivity index (χ1n) is 25.0. The maximum Gasteiger partial charge on any atom is 0.246 e. The van der Waals surface area contributed by atoms with Gasteiger partial charge in [-0.3, -0.25) is 19.2 Å². The van der Waals surface area contributed by atoms with Gasteiger partial charge in [0.2, 0.25) is 29.6 Å². The molecule has 0 spiro atoms. The smallest absolute Gasteiger partial charge is 0.246 e. The number of ether oxygens (including phenoxy) is 4. The fourth-order valence-corrected chi connectivity index (χ4v) is 9.25. The van der Waals surface area contributed by atoms with Gasteiger partial charge in [0.1, 0.15) is 30.3 Å². The SMILES string of the molecule is Cc1ncsc1-c1ccc(CNC(=O)[C@@H]2C[C@H](O)CN2C(=O)[C@@H](NC(=O)COCCCOCCCCOCCCOc2ccc(Nc3ncc(Br)c(NCCN(C)C(=O)C4CCC4)n3)cc2)C(C)(C)C)cc1. The Hall–Kier alpha value is -5.25. The van der Waals surface area contributed by atoms with Gasteiger partial charge >= 0.3 is 0 Å². The zero-order valence-electron chi connectivity index (χ0n) is 42.3. The number of benzene rings is 2. The van der Waals surface area contributed by atoms with Gasteiger partial charge in [0.15, 0.2) is 0 Å². The van der Waals surface area contributed by atoms with Crippen molar-refractivity contribution in [2.45, 2.75) is 104 Å². The molecule has 0 bridgehead atoms. The molecule has 0 radical (unpaired) electrons. The number of nitrogens with zero attached hydrogens (tertiary/aromatic N) is 5. The van der Waals surface area contributed by atoms with E-state index in [4.69, 9.17) is 18.9 Å². The van der Waals surface area contributed by atoms with Crippen molar-refractivity contribution in [2.24, 2.45) is 11.3 Å². The first-order chi connectivity index (χ1) is 34.7. The van der Waals surface area contributed by atoms with E-state index in [1.54, 1.807) is 22.4 Å². The number of rotatable bonds is 29. The largest absolute Gasteiger partial charge is 0.494 e. The number of carbonyl (C=O) groups is 4. The fraction of sp³-hybridized carbons (Fsp3) is 0.558. The maximum atomic E-state index is 13.9. The molecule has 18 nitrogen and oxygen atoms in total. The number of aromatic nitrogens is 3. The third kappa shape index (κ3) is 17.5. The van der Waals surface area contributed by atoms with E-state index in [2.05, 4.69) is 52.1 Å². The Bertz CT molecular complexity index is 2350. The molecule has 5 N–H and O–H groups in total. The van der Waals surface area contributed by atoms with Crippen molar-refractivity contribution in [1.82, 2.24) is 35.4 Å². The summed E-state index contributed by atoms with van der Waals surface area (Å²) in [5.74, 6) is 1.01. The second-order valence-electron chi connectivity index (χ2n) is 19.3. The van der Waals surface area contributed by atoms with Gasteiger partial charge in [-0.1, -0.05) is 51.5 Å². The summed E-state index contributed by atoms with van der Waals surface area (Å²) >= 11 is 5.08. The predicted octanol–water partition coefficient (Wildman–Crippen LogP) is 6.88. The van der Waals surface area contributed by atoms with Crippen molar-refractivity contribution in [3.05, 3.63) is 76.0 Å². The molecule has 0 unspecified atom stereocenters. The minimum atomic E-state index is -0.941. The van der Waals surface area contributed by atoms with Crippen LogP contribution in [0.15, 0.2) is 64.7 Å². The molecule has 1 saturated carbocycles. The van der Waals surface area contributed by atoms with Crippen LogP contribution in [0, 0.1) is 18.3 Å². The lowest BCUT2D eigenvalue weighted by atomic mass is 9.84. The molecule has 1 aliphatic heterocycles. The second kappa shape index (κ2) is 28.3. The maximum absolute atomic E-state index is 13.9. The average Bonchev–Trinajstić information content (AvgIpc) is 3.96. The van der Waals surface area contributed by atoms with Crippen molar-refractivity contribution < 1.29 is 43.2 Å². The van der Waals surface area contributed by atoms with Crippen LogP contribution in [-0.4, -0.2) is 145 Å². The Morgan fingerprint density at radius 3 is 2.25 bits per heavy atom. The van der Waals surface area contributed by atoms with Crippen LogP contribution in [0.2, 0.25) is 0 Å². The number of aryl methyl sites for hydroxylation is 1. The number of anilines is 3. The van der Waals surface area contributed by atoms with Gasteiger partial charge in [-0.25, -0.2) is 9.97 Å². The molecule has 20 heteroatoms. The highest BCUT2D eigenvalue weighted by atomic mass is 79.9. The number of amides is 4. The van der Waals surface area contributed by atoms with Crippen molar-refractivity contribution in [3.63, 3.8) is 0 Å². The molecular weight excluding hydrogens is 1010 g/mol. The average molecular weight is 1080 g/mol. The number of hydrogen-bond donors (Lipinski definition) is 5. The molecule has 2 fully saturated rings. The number of unbranched alkanes of at least 4 members (excludes halogenated alkanes) is 1. The molecule has 1 aliphatic carbocycles. The Balaban J connectivity index is 0.767. The molecule has 3 atom stereocenters. The highest BCUT2D eigenvalue weighted by Crippen LogP contribution is 2.30. The zero-order chi connectivity index (χ0) is 51.5. The predicted molar refractivity (Wildman–Crippen MR) is 281 cm³/mol. The molecule has 392 valence electrons. The van der Waals surface area contributed by atoms with Gasteiger partial charge in [-0.05, 0) is 95.8 Å². The Morgan fingerprint density at radius 2 is 1.60 bits per heavy atom. The molecule has 2 aromatic heterocycles. The summed E-state index contributed by atoms with van der Waals surface area (Å²) in [5.41, 5.74) is 4.88. The lowest BCUT2D eigenvalue weighted by molar-refractivity contribution is -0.144. The number of β-amino-alcohol motifs (C(OH)–C–C–N with tert-alkyl or cyclic N) is 1.